The first-order valence-electron chi connectivity index (χ1n) is 5.11. The molecule has 0 aliphatic heterocycles. The van der Waals surface area contributed by atoms with Gasteiger partial charge in [0.25, 0.3) is 0 Å². The van der Waals surface area contributed by atoms with Crippen molar-refractivity contribution in [1.29, 1.82) is 0 Å². The lowest BCUT2D eigenvalue weighted by Crippen LogP contribution is -2.24. The normalized spacial score (nSPS) is 10.5. The Hall–Kier alpha value is -1.62. The van der Waals surface area contributed by atoms with Crippen molar-refractivity contribution in [1.82, 2.24) is 9.88 Å². The van der Waals surface area contributed by atoms with Crippen LogP contribution >= 0.6 is 15.9 Å². The highest BCUT2D eigenvalue weighted by Gasteiger charge is 2.06. The van der Waals surface area contributed by atoms with E-state index in [2.05, 4.69) is 21.2 Å². The number of nitrogens with zero attached hydrogens (tertiary/aromatic N) is 1. The number of benzene rings is 1. The molecule has 88 valence electrons. The molecule has 1 aromatic carbocycles. The molecule has 0 unspecified atom stereocenters. The van der Waals surface area contributed by atoms with Gasteiger partial charge in [0.2, 0.25) is 5.91 Å². The fraction of sp³-hybridized carbons (Fsp3) is 0.167. The standard InChI is InChI=1S/C12H11BrN2O2/c1-14-12(17)7-15-5-4-11(16)9-3-2-8(13)6-10(9)15/h2-6H,7H2,1H3,(H,14,17). The van der Waals surface area contributed by atoms with E-state index < -0.39 is 0 Å². The van der Waals surface area contributed by atoms with E-state index in [1.165, 1.54) is 6.07 Å². The van der Waals surface area contributed by atoms with E-state index in [9.17, 15) is 9.59 Å². The van der Waals surface area contributed by atoms with Crippen LogP contribution in [-0.4, -0.2) is 17.5 Å². The van der Waals surface area contributed by atoms with Crippen LogP contribution in [0.25, 0.3) is 10.9 Å². The summed E-state index contributed by atoms with van der Waals surface area (Å²) in [6.45, 7) is 0.198. The highest BCUT2D eigenvalue weighted by atomic mass is 79.9. The average molecular weight is 295 g/mol. The molecule has 0 aliphatic rings. The second-order valence-electron chi connectivity index (χ2n) is 3.64. The zero-order valence-electron chi connectivity index (χ0n) is 9.24. The number of fused-ring (bicyclic) bond motifs is 1. The van der Waals surface area contributed by atoms with Gasteiger partial charge < -0.3 is 9.88 Å². The van der Waals surface area contributed by atoms with Gasteiger partial charge in [-0.25, -0.2) is 0 Å². The molecule has 1 N–H and O–H groups in total. The first-order chi connectivity index (χ1) is 8.11. The molecule has 1 heterocycles. The van der Waals surface area contributed by atoms with Crippen LogP contribution in [0.15, 0.2) is 39.7 Å². The molecule has 0 fully saturated rings. The predicted octanol–water partition coefficient (Wildman–Crippen LogP) is 1.51. The fourth-order valence-electron chi connectivity index (χ4n) is 1.65. The van der Waals surface area contributed by atoms with Gasteiger partial charge in [0.05, 0.1) is 5.52 Å². The molecule has 0 saturated carbocycles. The topological polar surface area (TPSA) is 51.1 Å². The van der Waals surface area contributed by atoms with Gasteiger partial charge in [0.1, 0.15) is 6.54 Å². The minimum absolute atomic E-state index is 0.0411. The largest absolute Gasteiger partial charge is 0.358 e. The Bertz CT molecular complexity index is 634. The van der Waals surface area contributed by atoms with E-state index in [4.69, 9.17) is 0 Å². The molecule has 0 bridgehead atoms. The number of halogens is 1. The average Bonchev–Trinajstić information content (AvgIpc) is 2.32. The highest BCUT2D eigenvalue weighted by molar-refractivity contribution is 9.10. The lowest BCUT2D eigenvalue weighted by Gasteiger charge is -2.09. The van der Waals surface area contributed by atoms with Gasteiger partial charge in [-0.3, -0.25) is 9.59 Å². The quantitative estimate of drug-likeness (QED) is 0.913. The zero-order valence-corrected chi connectivity index (χ0v) is 10.8. The smallest absolute Gasteiger partial charge is 0.239 e. The van der Waals surface area contributed by atoms with Crippen molar-refractivity contribution in [3.8, 4) is 0 Å². The molecule has 2 rings (SSSR count). The van der Waals surface area contributed by atoms with Crippen LogP contribution in [0.2, 0.25) is 0 Å². The van der Waals surface area contributed by atoms with E-state index in [1.807, 2.05) is 12.1 Å². The number of nitrogens with one attached hydrogen (secondary N) is 1. The summed E-state index contributed by atoms with van der Waals surface area (Å²) in [5.74, 6) is -0.102. The van der Waals surface area contributed by atoms with Crippen LogP contribution in [0.4, 0.5) is 0 Å². The zero-order chi connectivity index (χ0) is 12.4. The summed E-state index contributed by atoms with van der Waals surface area (Å²) in [6, 6.07) is 6.87. The summed E-state index contributed by atoms with van der Waals surface area (Å²) < 4.78 is 2.63. The van der Waals surface area contributed by atoms with Crippen LogP contribution in [0.5, 0.6) is 0 Å². The predicted molar refractivity (Wildman–Crippen MR) is 70.0 cm³/mol. The number of aromatic nitrogens is 1. The summed E-state index contributed by atoms with van der Waals surface area (Å²) in [6.07, 6.45) is 1.63. The lowest BCUT2D eigenvalue weighted by atomic mass is 10.2. The van der Waals surface area contributed by atoms with Gasteiger partial charge in [-0.15, -0.1) is 0 Å². The molecule has 0 saturated heterocycles. The summed E-state index contributed by atoms with van der Waals surface area (Å²) in [5.41, 5.74) is 0.705. The van der Waals surface area contributed by atoms with E-state index in [1.54, 1.807) is 23.9 Å². The molecule has 0 aliphatic carbocycles. The van der Waals surface area contributed by atoms with Crippen molar-refractivity contribution in [2.75, 3.05) is 7.05 Å². The third-order valence-electron chi connectivity index (χ3n) is 2.53. The Kier molecular flexibility index (Phi) is 3.28. The van der Waals surface area contributed by atoms with Crippen molar-refractivity contribution in [3.63, 3.8) is 0 Å². The number of likely N-dealkylation sites (N-methyl/N-ethyl adjacent to an activating group) is 1. The molecule has 0 spiro atoms. The Balaban J connectivity index is 2.64. The summed E-state index contributed by atoms with van der Waals surface area (Å²) in [4.78, 5) is 23.0. The van der Waals surface area contributed by atoms with Crippen molar-refractivity contribution < 1.29 is 4.79 Å². The van der Waals surface area contributed by atoms with Crippen LogP contribution in [0, 0.1) is 0 Å². The molecular weight excluding hydrogens is 284 g/mol. The van der Waals surface area contributed by atoms with Gasteiger partial charge in [0.15, 0.2) is 5.43 Å². The Labute approximate surface area is 106 Å². The van der Waals surface area contributed by atoms with Crippen molar-refractivity contribution in [2.24, 2.45) is 0 Å². The van der Waals surface area contributed by atoms with Gasteiger partial charge in [0, 0.05) is 29.2 Å². The number of pyridine rings is 1. The minimum Gasteiger partial charge on any atom is -0.358 e. The number of carbonyl (C=O) groups is 1. The van der Waals surface area contributed by atoms with Gasteiger partial charge in [-0.05, 0) is 18.2 Å². The SMILES string of the molecule is CNC(=O)Cn1ccc(=O)c2ccc(Br)cc21. The number of amides is 1. The number of carbonyl (C=O) groups excluding carboxylic acids is 1. The first-order valence-corrected chi connectivity index (χ1v) is 5.90. The first kappa shape index (κ1) is 11.9. The molecule has 1 amide bonds. The number of hydrogen-bond donors (Lipinski definition) is 1. The molecule has 17 heavy (non-hydrogen) atoms. The van der Waals surface area contributed by atoms with Crippen LogP contribution in [-0.2, 0) is 11.3 Å². The van der Waals surface area contributed by atoms with E-state index in [0.717, 1.165) is 9.99 Å². The molecule has 0 radical (unpaired) electrons. The number of rotatable bonds is 2. The minimum atomic E-state index is -0.102. The maximum atomic E-state index is 11.7. The maximum Gasteiger partial charge on any atom is 0.239 e. The van der Waals surface area contributed by atoms with Crippen LogP contribution in [0.3, 0.4) is 0 Å². The van der Waals surface area contributed by atoms with Gasteiger partial charge >= 0.3 is 0 Å². The molecule has 1 aromatic heterocycles. The van der Waals surface area contributed by atoms with Crippen LogP contribution < -0.4 is 10.7 Å². The van der Waals surface area contributed by atoms with Crippen molar-refractivity contribution in [3.05, 3.63) is 45.2 Å². The third-order valence-corrected chi connectivity index (χ3v) is 3.03. The van der Waals surface area contributed by atoms with Gasteiger partial charge in [-0.1, -0.05) is 15.9 Å². The maximum absolute atomic E-state index is 11.7. The van der Waals surface area contributed by atoms with Crippen LogP contribution in [0.1, 0.15) is 0 Å². The number of hydrogen-bond acceptors (Lipinski definition) is 2. The molecule has 2 aromatic rings. The monoisotopic (exact) mass is 294 g/mol. The van der Waals surface area contributed by atoms with Gasteiger partial charge in [-0.2, -0.15) is 0 Å². The van der Waals surface area contributed by atoms with Crippen molar-refractivity contribution >= 4 is 32.7 Å². The molecule has 5 heteroatoms. The molecule has 0 atom stereocenters. The second kappa shape index (κ2) is 4.71. The third kappa shape index (κ3) is 2.39. The second-order valence-corrected chi connectivity index (χ2v) is 4.56. The van der Waals surface area contributed by atoms with Crippen molar-refractivity contribution in [2.45, 2.75) is 6.54 Å². The Morgan fingerprint density at radius 3 is 2.88 bits per heavy atom. The van der Waals surface area contributed by atoms with E-state index in [0.29, 0.717) is 5.39 Å². The summed E-state index contributed by atoms with van der Waals surface area (Å²) >= 11 is 3.36. The molecular formula is C12H11BrN2O2. The highest BCUT2D eigenvalue weighted by Crippen LogP contribution is 2.17. The van der Waals surface area contributed by atoms with E-state index >= 15 is 0 Å². The van der Waals surface area contributed by atoms with E-state index in [-0.39, 0.29) is 17.9 Å². The summed E-state index contributed by atoms with van der Waals surface area (Å²) in [7, 11) is 1.59. The lowest BCUT2D eigenvalue weighted by molar-refractivity contribution is -0.121. The summed E-state index contributed by atoms with van der Waals surface area (Å²) in [5, 5.41) is 3.17. The Morgan fingerprint density at radius 2 is 2.18 bits per heavy atom. The molecule has 4 nitrogen and oxygen atoms in total. The fourth-order valence-corrected chi connectivity index (χ4v) is 2.00. The Morgan fingerprint density at radius 1 is 1.41 bits per heavy atom.